The number of carbonyl (C=O) groups is 2. The van der Waals surface area contributed by atoms with Crippen LogP contribution in [0.2, 0.25) is 0 Å². The normalized spacial score (nSPS) is 23.2. The third-order valence-corrected chi connectivity index (χ3v) is 3.47. The smallest absolute Gasteiger partial charge is 0.327 e. The minimum absolute atomic E-state index is 0.0255. The van der Waals surface area contributed by atoms with Crippen molar-refractivity contribution >= 4 is 23.6 Å². The molecule has 1 heterocycles. The molecule has 1 fully saturated rings. The maximum absolute atomic E-state index is 11.8. The highest BCUT2D eigenvalue weighted by Crippen LogP contribution is 2.22. The molecular weight excluding hydrogens is 216 g/mol. The SMILES string of the molecule is CC(C)C(N)C(=O)N1CSC[C@H]1C(=O)O. The fourth-order valence-corrected chi connectivity index (χ4v) is 2.50. The number of nitrogens with zero attached hydrogens (tertiary/aromatic N) is 1. The van der Waals surface area contributed by atoms with E-state index in [0.29, 0.717) is 11.6 Å². The Hall–Kier alpha value is -0.750. The second-order valence-corrected chi connectivity index (χ2v) is 4.93. The molecule has 0 aromatic rings. The second kappa shape index (κ2) is 4.85. The van der Waals surface area contributed by atoms with Crippen LogP contribution in [-0.4, -0.2) is 45.6 Å². The summed E-state index contributed by atoms with van der Waals surface area (Å²) in [5.74, 6) is -0.313. The molecule has 3 N–H and O–H groups in total. The van der Waals surface area contributed by atoms with E-state index in [4.69, 9.17) is 10.8 Å². The number of rotatable bonds is 3. The van der Waals surface area contributed by atoms with Crippen molar-refractivity contribution in [2.45, 2.75) is 25.9 Å². The van der Waals surface area contributed by atoms with Crippen molar-refractivity contribution in [1.29, 1.82) is 0 Å². The van der Waals surface area contributed by atoms with Crippen LogP contribution in [-0.2, 0) is 9.59 Å². The Bertz CT molecular complexity index is 270. The van der Waals surface area contributed by atoms with Gasteiger partial charge in [0.1, 0.15) is 6.04 Å². The zero-order valence-corrected chi connectivity index (χ0v) is 9.66. The minimum Gasteiger partial charge on any atom is -0.480 e. The predicted molar refractivity (Wildman–Crippen MR) is 58.4 cm³/mol. The van der Waals surface area contributed by atoms with E-state index in [9.17, 15) is 9.59 Å². The molecule has 1 rings (SSSR count). The number of amides is 1. The molecule has 2 atom stereocenters. The number of carboxylic acids is 1. The van der Waals surface area contributed by atoms with Crippen LogP contribution in [0.3, 0.4) is 0 Å². The fraction of sp³-hybridized carbons (Fsp3) is 0.778. The molecule has 1 unspecified atom stereocenters. The summed E-state index contributed by atoms with van der Waals surface area (Å²) in [6.45, 7) is 3.70. The highest BCUT2D eigenvalue weighted by atomic mass is 32.2. The Morgan fingerprint density at radius 2 is 2.13 bits per heavy atom. The topological polar surface area (TPSA) is 83.6 Å². The summed E-state index contributed by atoms with van der Waals surface area (Å²) in [6.07, 6.45) is 0. The van der Waals surface area contributed by atoms with Crippen molar-refractivity contribution in [3.05, 3.63) is 0 Å². The van der Waals surface area contributed by atoms with Crippen LogP contribution in [0.25, 0.3) is 0 Å². The molecule has 0 saturated carbocycles. The first-order chi connectivity index (χ1) is 6.95. The highest BCUT2D eigenvalue weighted by molar-refractivity contribution is 7.99. The molecule has 1 aliphatic heterocycles. The number of thioether (sulfide) groups is 1. The molecule has 5 nitrogen and oxygen atoms in total. The van der Waals surface area contributed by atoms with Gasteiger partial charge in [0.2, 0.25) is 5.91 Å². The molecule has 0 aromatic carbocycles. The number of carbonyl (C=O) groups excluding carboxylic acids is 1. The van der Waals surface area contributed by atoms with Crippen LogP contribution < -0.4 is 5.73 Å². The Morgan fingerprint density at radius 1 is 1.53 bits per heavy atom. The largest absolute Gasteiger partial charge is 0.480 e. The Balaban J connectivity index is 2.70. The average molecular weight is 232 g/mol. The van der Waals surface area contributed by atoms with Gasteiger partial charge in [-0.1, -0.05) is 13.8 Å². The standard InChI is InChI=1S/C9H16N2O3S/c1-5(2)7(10)8(12)11-4-15-3-6(11)9(13)14/h5-7H,3-4,10H2,1-2H3,(H,13,14)/t6-,7?/m0/s1. The van der Waals surface area contributed by atoms with Gasteiger partial charge < -0.3 is 15.7 Å². The van der Waals surface area contributed by atoms with Crippen molar-refractivity contribution in [2.75, 3.05) is 11.6 Å². The number of hydrogen-bond donors (Lipinski definition) is 2. The quantitative estimate of drug-likeness (QED) is 0.713. The molecule has 1 saturated heterocycles. The highest BCUT2D eigenvalue weighted by Gasteiger charge is 2.37. The fourth-order valence-electron chi connectivity index (χ4n) is 1.34. The van der Waals surface area contributed by atoms with E-state index in [2.05, 4.69) is 0 Å². The van der Waals surface area contributed by atoms with Crippen LogP contribution in [0.5, 0.6) is 0 Å². The van der Waals surface area contributed by atoms with Crippen LogP contribution in [0, 0.1) is 5.92 Å². The van der Waals surface area contributed by atoms with Crippen LogP contribution >= 0.6 is 11.8 Å². The summed E-state index contributed by atoms with van der Waals surface area (Å²) in [5, 5.41) is 8.90. The first-order valence-electron chi connectivity index (χ1n) is 4.81. The minimum atomic E-state index is -0.954. The summed E-state index contributed by atoms with van der Waals surface area (Å²) in [4.78, 5) is 24.0. The second-order valence-electron chi connectivity index (χ2n) is 3.93. The molecular formula is C9H16N2O3S. The number of hydrogen-bond acceptors (Lipinski definition) is 4. The molecule has 86 valence electrons. The zero-order valence-electron chi connectivity index (χ0n) is 8.84. The molecule has 0 aliphatic carbocycles. The van der Waals surface area contributed by atoms with E-state index in [0.717, 1.165) is 0 Å². The summed E-state index contributed by atoms with van der Waals surface area (Å²) >= 11 is 1.44. The maximum atomic E-state index is 11.8. The average Bonchev–Trinajstić information content (AvgIpc) is 2.63. The molecule has 0 radical (unpaired) electrons. The lowest BCUT2D eigenvalue weighted by Crippen LogP contribution is -2.50. The van der Waals surface area contributed by atoms with Crippen molar-refractivity contribution in [1.82, 2.24) is 4.90 Å². The Labute approximate surface area is 93.0 Å². The van der Waals surface area contributed by atoms with E-state index in [-0.39, 0.29) is 11.8 Å². The van der Waals surface area contributed by atoms with Crippen LogP contribution in [0.15, 0.2) is 0 Å². The van der Waals surface area contributed by atoms with Gasteiger partial charge in [0.15, 0.2) is 0 Å². The van der Waals surface area contributed by atoms with Gasteiger partial charge in [-0.3, -0.25) is 4.79 Å². The summed E-state index contributed by atoms with van der Waals surface area (Å²) in [6, 6.07) is -1.32. The van der Waals surface area contributed by atoms with Gasteiger partial charge in [-0.2, -0.15) is 0 Å². The van der Waals surface area contributed by atoms with E-state index >= 15 is 0 Å². The Kier molecular flexibility index (Phi) is 3.98. The van der Waals surface area contributed by atoms with Crippen molar-refractivity contribution in [2.24, 2.45) is 11.7 Å². The number of carboxylic acid groups (broad SMARTS) is 1. The number of nitrogens with two attached hydrogens (primary N) is 1. The first-order valence-corrected chi connectivity index (χ1v) is 5.97. The molecule has 0 spiro atoms. The maximum Gasteiger partial charge on any atom is 0.327 e. The van der Waals surface area contributed by atoms with Crippen LogP contribution in [0.4, 0.5) is 0 Å². The molecule has 1 aliphatic rings. The number of aliphatic carboxylic acids is 1. The van der Waals surface area contributed by atoms with Crippen molar-refractivity contribution in [3.63, 3.8) is 0 Å². The lowest BCUT2D eigenvalue weighted by molar-refractivity contribution is -0.148. The summed E-state index contributed by atoms with van der Waals surface area (Å²) in [5.41, 5.74) is 5.71. The van der Waals surface area contributed by atoms with E-state index in [1.807, 2.05) is 13.8 Å². The predicted octanol–water partition coefficient (Wildman–Crippen LogP) is -0.0442. The molecule has 0 bridgehead atoms. The van der Waals surface area contributed by atoms with E-state index < -0.39 is 18.1 Å². The van der Waals surface area contributed by atoms with E-state index in [1.165, 1.54) is 16.7 Å². The van der Waals surface area contributed by atoms with Gasteiger partial charge in [0.25, 0.3) is 0 Å². The van der Waals surface area contributed by atoms with Gasteiger partial charge in [0.05, 0.1) is 11.9 Å². The lowest BCUT2D eigenvalue weighted by Gasteiger charge is -2.25. The van der Waals surface area contributed by atoms with E-state index in [1.54, 1.807) is 0 Å². The molecule has 15 heavy (non-hydrogen) atoms. The first kappa shape index (κ1) is 12.3. The van der Waals surface area contributed by atoms with Gasteiger partial charge in [-0.05, 0) is 5.92 Å². The van der Waals surface area contributed by atoms with Gasteiger partial charge in [-0.25, -0.2) is 4.79 Å². The van der Waals surface area contributed by atoms with Crippen molar-refractivity contribution in [3.8, 4) is 0 Å². The van der Waals surface area contributed by atoms with Crippen molar-refractivity contribution < 1.29 is 14.7 Å². The molecule has 1 amide bonds. The van der Waals surface area contributed by atoms with Gasteiger partial charge >= 0.3 is 5.97 Å². The van der Waals surface area contributed by atoms with Gasteiger partial charge in [0, 0.05) is 5.75 Å². The zero-order chi connectivity index (χ0) is 11.6. The molecule has 6 heteroatoms. The summed E-state index contributed by atoms with van der Waals surface area (Å²) in [7, 11) is 0. The Morgan fingerprint density at radius 3 is 2.60 bits per heavy atom. The van der Waals surface area contributed by atoms with Gasteiger partial charge in [-0.15, -0.1) is 11.8 Å². The molecule has 0 aromatic heterocycles. The summed E-state index contributed by atoms with van der Waals surface area (Å²) < 4.78 is 0. The van der Waals surface area contributed by atoms with Crippen LogP contribution in [0.1, 0.15) is 13.8 Å². The third-order valence-electron chi connectivity index (χ3n) is 2.45. The lowest BCUT2D eigenvalue weighted by atomic mass is 10.0. The third kappa shape index (κ3) is 2.63. The monoisotopic (exact) mass is 232 g/mol.